The van der Waals surface area contributed by atoms with Gasteiger partial charge in [0.1, 0.15) is 36.3 Å². The first-order valence-electron chi connectivity index (χ1n) is 25.5. The number of amides is 8. The molecule has 0 aliphatic carbocycles. The Balaban J connectivity index is 3.67. The molecule has 0 unspecified atom stereocenters. The fraction of sp³-hybridized carbons (Fsp3) is 0.809. The Labute approximate surface area is 420 Å². The van der Waals surface area contributed by atoms with Crippen molar-refractivity contribution in [3.8, 4) is 0 Å². The second kappa shape index (κ2) is 38.1. The zero-order chi connectivity index (χ0) is 52.3. The Morgan fingerprint density at radius 3 is 1.66 bits per heavy atom. The Bertz CT molecular complexity index is 1610. The van der Waals surface area contributed by atoms with Gasteiger partial charge in [-0.25, -0.2) is 4.79 Å². The molecule has 22 nitrogen and oxygen atoms in total. The van der Waals surface area contributed by atoms with Crippen molar-refractivity contribution in [3.63, 3.8) is 0 Å². The number of unbranched alkanes of at least 4 members (excludes halogenated alkanes) is 4. The van der Waals surface area contributed by atoms with Crippen LogP contribution in [0, 0.1) is 5.92 Å². The molecule has 0 bridgehead atoms. The summed E-state index contributed by atoms with van der Waals surface area (Å²) in [7, 11) is 0. The summed E-state index contributed by atoms with van der Waals surface area (Å²) in [4.78, 5) is 123. The minimum absolute atomic E-state index is 0.0115. The van der Waals surface area contributed by atoms with Gasteiger partial charge in [-0.05, 0) is 141 Å². The second-order valence-electron chi connectivity index (χ2n) is 18.5. The van der Waals surface area contributed by atoms with Crippen LogP contribution in [0.5, 0.6) is 0 Å². The number of carbonyl (C=O) groups excluding carboxylic acids is 8. The maximum atomic E-state index is 14.7. The van der Waals surface area contributed by atoms with Crippen molar-refractivity contribution in [1.29, 1.82) is 0 Å². The predicted molar refractivity (Wildman–Crippen MR) is 271 cm³/mol. The molecule has 1 heterocycles. The maximum Gasteiger partial charge on any atom is 0.326 e. The molecular formula is C47H88N12O10S. The van der Waals surface area contributed by atoms with E-state index in [-0.39, 0.29) is 69.1 Å². The quantitative estimate of drug-likeness (QED) is 0.0407. The summed E-state index contributed by atoms with van der Waals surface area (Å²) in [6, 6.07) is -6.53. The topological polar surface area (TPSA) is 365 Å². The van der Waals surface area contributed by atoms with Gasteiger partial charge in [-0.15, -0.1) is 0 Å². The standard InChI is InChI=1S/C47H88N12O10S/c1-32(2)29-37(47(68)69)58-44(65)34(18-8-12-24-49)54-41(62)30-59-28-16-4-3-15-27-52-42(63)38(31-70)55-40(61)22-6-5-21-39(60)53-33(17-7-11-23-48)43(64)56-35(19-9-13-25-50)45(66)57-36(46(59)67)20-10-14-26-51/h32-38,70H,3-31,48-51H2,1-2H3,(H,52,63)(H,53,60)(H,54,62)(H,55,61)(H,56,64)(H,57,66)(H,58,65)(H,68,69)/t33-,34-,35-,36-,37-,38-/m0/s1. The van der Waals surface area contributed by atoms with E-state index in [1.165, 1.54) is 4.90 Å². The first-order valence-corrected chi connectivity index (χ1v) is 26.1. The lowest BCUT2D eigenvalue weighted by Crippen LogP contribution is -2.58. The summed E-state index contributed by atoms with van der Waals surface area (Å²) in [6.45, 7) is 4.84. The molecular weight excluding hydrogens is 925 g/mol. The molecule has 1 fully saturated rings. The first-order chi connectivity index (χ1) is 33.5. The number of nitrogens with two attached hydrogens (primary N) is 4. The van der Waals surface area contributed by atoms with Crippen molar-refractivity contribution in [2.75, 3.05) is 51.6 Å². The summed E-state index contributed by atoms with van der Waals surface area (Å²) >= 11 is 4.25. The van der Waals surface area contributed by atoms with E-state index < -0.39 is 90.1 Å². The van der Waals surface area contributed by atoms with Crippen LogP contribution in [-0.4, -0.2) is 151 Å². The second-order valence-corrected chi connectivity index (χ2v) is 18.9. The van der Waals surface area contributed by atoms with Gasteiger partial charge in [0.2, 0.25) is 47.3 Å². The Kier molecular flexibility index (Phi) is 34.6. The molecule has 1 aliphatic heterocycles. The summed E-state index contributed by atoms with van der Waals surface area (Å²) in [6.07, 6.45) is 7.78. The predicted octanol–water partition coefficient (Wildman–Crippen LogP) is -0.449. The Morgan fingerprint density at radius 2 is 1.13 bits per heavy atom. The van der Waals surface area contributed by atoms with Gasteiger partial charge < -0.3 is 70.2 Å². The van der Waals surface area contributed by atoms with Gasteiger partial charge in [-0.1, -0.05) is 26.7 Å². The molecule has 0 aromatic heterocycles. The van der Waals surface area contributed by atoms with Crippen LogP contribution >= 0.6 is 12.6 Å². The van der Waals surface area contributed by atoms with Gasteiger partial charge >= 0.3 is 5.97 Å². The van der Waals surface area contributed by atoms with E-state index in [2.05, 4.69) is 49.8 Å². The fourth-order valence-corrected chi connectivity index (χ4v) is 8.12. The third kappa shape index (κ3) is 27.7. The molecule has 1 saturated heterocycles. The van der Waals surface area contributed by atoms with Gasteiger partial charge in [0.15, 0.2) is 0 Å². The number of aliphatic carboxylic acids is 1. The van der Waals surface area contributed by atoms with Crippen LogP contribution < -0.4 is 60.2 Å². The minimum Gasteiger partial charge on any atom is -0.480 e. The number of hydrogen-bond acceptors (Lipinski definition) is 14. The lowest BCUT2D eigenvalue weighted by molar-refractivity contribution is -0.143. The summed E-state index contributed by atoms with van der Waals surface area (Å²) in [5.74, 6) is -5.63. The lowest BCUT2D eigenvalue weighted by Gasteiger charge is -2.30. The molecule has 0 aromatic rings. The number of rotatable bonds is 25. The monoisotopic (exact) mass is 1010 g/mol. The number of carbonyl (C=O) groups is 9. The lowest BCUT2D eigenvalue weighted by atomic mass is 10.0. The molecule has 1 rings (SSSR count). The summed E-state index contributed by atoms with van der Waals surface area (Å²) in [5, 5.41) is 29.1. The SMILES string of the molecule is CC(C)C[C@H](NC(=O)[C@H](CCCCN)NC(=O)CN1CCCCCCNC(=O)[C@H](CS)NC(=O)CCCCC(=O)N[C@@H](CCCCN)C(=O)N[C@@H](CCCCN)C(=O)N[C@@H](CCCCN)C1=O)C(=O)O. The maximum absolute atomic E-state index is 14.7. The molecule has 0 radical (unpaired) electrons. The average molecular weight is 1010 g/mol. The van der Waals surface area contributed by atoms with Crippen LogP contribution in [0.4, 0.5) is 0 Å². The highest BCUT2D eigenvalue weighted by Gasteiger charge is 2.33. The van der Waals surface area contributed by atoms with E-state index >= 15 is 0 Å². The van der Waals surface area contributed by atoms with E-state index in [0.29, 0.717) is 123 Å². The molecule has 402 valence electrons. The van der Waals surface area contributed by atoms with Crippen LogP contribution in [0.3, 0.4) is 0 Å². The largest absolute Gasteiger partial charge is 0.480 e. The highest BCUT2D eigenvalue weighted by Crippen LogP contribution is 2.13. The van der Waals surface area contributed by atoms with Crippen LogP contribution in [-0.2, 0) is 43.2 Å². The normalized spacial score (nSPS) is 21.1. The van der Waals surface area contributed by atoms with Gasteiger partial charge in [0.05, 0.1) is 6.54 Å². The van der Waals surface area contributed by atoms with Gasteiger partial charge in [0, 0.05) is 31.7 Å². The number of hydrogen-bond donors (Lipinski definition) is 13. The van der Waals surface area contributed by atoms with E-state index in [9.17, 15) is 48.3 Å². The van der Waals surface area contributed by atoms with E-state index in [4.69, 9.17) is 22.9 Å². The summed E-state index contributed by atoms with van der Waals surface area (Å²) < 4.78 is 0. The van der Waals surface area contributed by atoms with Crippen molar-refractivity contribution in [1.82, 2.24) is 42.1 Å². The molecule has 0 spiro atoms. The molecule has 0 aromatic carbocycles. The molecule has 0 saturated carbocycles. The molecule has 8 amide bonds. The molecule has 16 N–H and O–H groups in total. The highest BCUT2D eigenvalue weighted by molar-refractivity contribution is 7.80. The van der Waals surface area contributed by atoms with Crippen molar-refractivity contribution in [2.45, 2.75) is 185 Å². The average Bonchev–Trinajstić information content (AvgIpc) is 3.31. The zero-order valence-corrected chi connectivity index (χ0v) is 42.8. The number of carboxylic acids is 1. The highest BCUT2D eigenvalue weighted by atomic mass is 32.1. The molecule has 1 aliphatic rings. The van der Waals surface area contributed by atoms with Crippen molar-refractivity contribution < 1.29 is 48.3 Å². The van der Waals surface area contributed by atoms with E-state index in [1.807, 2.05) is 13.8 Å². The van der Waals surface area contributed by atoms with E-state index in [1.54, 1.807) is 0 Å². The Hall–Kier alpha value is -4.58. The third-order valence-electron chi connectivity index (χ3n) is 11.9. The number of carboxylic acid groups (broad SMARTS) is 1. The fourth-order valence-electron chi connectivity index (χ4n) is 7.86. The minimum atomic E-state index is -1.22. The van der Waals surface area contributed by atoms with Crippen LogP contribution in [0.2, 0.25) is 0 Å². The first kappa shape index (κ1) is 63.4. The van der Waals surface area contributed by atoms with Gasteiger partial charge in [0.25, 0.3) is 0 Å². The van der Waals surface area contributed by atoms with Gasteiger partial charge in [-0.3, -0.25) is 38.4 Å². The van der Waals surface area contributed by atoms with E-state index in [0.717, 1.165) is 0 Å². The number of thiol groups is 1. The number of nitrogens with zero attached hydrogens (tertiary/aromatic N) is 1. The van der Waals surface area contributed by atoms with Crippen molar-refractivity contribution in [2.24, 2.45) is 28.9 Å². The molecule has 23 heteroatoms. The van der Waals surface area contributed by atoms with Crippen LogP contribution in [0.15, 0.2) is 0 Å². The summed E-state index contributed by atoms with van der Waals surface area (Å²) in [5.41, 5.74) is 23.1. The van der Waals surface area contributed by atoms with Crippen LogP contribution in [0.1, 0.15) is 149 Å². The van der Waals surface area contributed by atoms with Crippen molar-refractivity contribution >= 4 is 65.9 Å². The van der Waals surface area contributed by atoms with Crippen LogP contribution in [0.25, 0.3) is 0 Å². The van der Waals surface area contributed by atoms with Crippen molar-refractivity contribution in [3.05, 3.63) is 0 Å². The third-order valence-corrected chi connectivity index (χ3v) is 12.2. The molecule has 6 atom stereocenters. The smallest absolute Gasteiger partial charge is 0.326 e. The Morgan fingerprint density at radius 1 is 0.629 bits per heavy atom. The van der Waals surface area contributed by atoms with Gasteiger partial charge in [-0.2, -0.15) is 12.6 Å². The molecule has 70 heavy (non-hydrogen) atoms. The number of nitrogens with one attached hydrogen (secondary N) is 7. The zero-order valence-electron chi connectivity index (χ0n) is 41.9.